The number of fused-ring (bicyclic) bond motifs is 1. The first-order chi connectivity index (χ1) is 7.27. The number of rotatable bonds is 2. The van der Waals surface area contributed by atoms with Crippen molar-refractivity contribution in [1.29, 1.82) is 0 Å². The third kappa shape index (κ3) is 1.86. The summed E-state index contributed by atoms with van der Waals surface area (Å²) in [7, 11) is 1.72. The van der Waals surface area contributed by atoms with E-state index in [1.165, 1.54) is 11.1 Å². The van der Waals surface area contributed by atoms with Crippen molar-refractivity contribution in [2.45, 2.75) is 30.4 Å². The highest BCUT2D eigenvalue weighted by Gasteiger charge is 2.27. The maximum absolute atomic E-state index is 6.25. The Morgan fingerprint density at radius 2 is 2.33 bits per heavy atom. The highest BCUT2D eigenvalue weighted by atomic mass is 32.2. The molecule has 2 unspecified atom stereocenters. The molecule has 1 aliphatic heterocycles. The molecule has 3 heteroatoms. The molecule has 1 aliphatic rings. The lowest BCUT2D eigenvalue weighted by Crippen LogP contribution is -2.27. The normalized spacial score (nSPS) is 24.7. The molecule has 0 radical (unpaired) electrons. The van der Waals surface area contributed by atoms with Gasteiger partial charge in [-0.05, 0) is 18.1 Å². The first-order valence-corrected chi connectivity index (χ1v) is 6.35. The van der Waals surface area contributed by atoms with Gasteiger partial charge in [-0.2, -0.15) is 11.8 Å². The van der Waals surface area contributed by atoms with Crippen LogP contribution in [-0.2, 0) is 5.75 Å². The van der Waals surface area contributed by atoms with Gasteiger partial charge in [0.05, 0.1) is 7.11 Å². The predicted molar refractivity (Wildman–Crippen MR) is 65.3 cm³/mol. The molecule has 0 saturated carbocycles. The summed E-state index contributed by atoms with van der Waals surface area (Å²) in [6.45, 7) is 2.20. The van der Waals surface area contributed by atoms with Gasteiger partial charge in [-0.15, -0.1) is 0 Å². The molecule has 0 fully saturated rings. The van der Waals surface area contributed by atoms with Crippen molar-refractivity contribution in [2.75, 3.05) is 7.11 Å². The molecule has 2 N–H and O–H groups in total. The molecule has 15 heavy (non-hydrogen) atoms. The highest BCUT2D eigenvalue weighted by molar-refractivity contribution is 7.99. The largest absolute Gasteiger partial charge is 0.496 e. The second-order valence-corrected chi connectivity index (χ2v) is 5.04. The Kier molecular flexibility index (Phi) is 3.22. The van der Waals surface area contributed by atoms with Crippen LogP contribution >= 0.6 is 11.8 Å². The second kappa shape index (κ2) is 4.45. The van der Waals surface area contributed by atoms with Crippen LogP contribution < -0.4 is 10.5 Å². The van der Waals surface area contributed by atoms with E-state index < -0.39 is 0 Å². The number of benzene rings is 1. The average Bonchev–Trinajstić information content (AvgIpc) is 2.29. The summed E-state index contributed by atoms with van der Waals surface area (Å²) in [6, 6.07) is 6.32. The van der Waals surface area contributed by atoms with Gasteiger partial charge < -0.3 is 10.5 Å². The lowest BCUT2D eigenvalue weighted by atomic mass is 9.97. The van der Waals surface area contributed by atoms with Crippen LogP contribution in [0.1, 0.15) is 30.5 Å². The minimum atomic E-state index is 0.152. The fourth-order valence-electron chi connectivity index (χ4n) is 2.11. The monoisotopic (exact) mass is 223 g/mol. The van der Waals surface area contributed by atoms with Crippen LogP contribution in [0, 0.1) is 0 Å². The van der Waals surface area contributed by atoms with Crippen LogP contribution in [0.25, 0.3) is 0 Å². The Morgan fingerprint density at radius 3 is 3.00 bits per heavy atom. The molecule has 0 bridgehead atoms. The zero-order valence-corrected chi connectivity index (χ0v) is 10.0. The molecular weight excluding hydrogens is 206 g/mol. The van der Waals surface area contributed by atoms with E-state index >= 15 is 0 Å². The fraction of sp³-hybridized carbons (Fsp3) is 0.500. The average molecular weight is 223 g/mol. The number of nitrogens with two attached hydrogens (primary N) is 1. The van der Waals surface area contributed by atoms with Crippen LogP contribution in [0.3, 0.4) is 0 Å². The summed E-state index contributed by atoms with van der Waals surface area (Å²) in [5, 5.41) is 0.546. The van der Waals surface area contributed by atoms with Crippen molar-refractivity contribution < 1.29 is 4.74 Å². The summed E-state index contributed by atoms with van der Waals surface area (Å²) in [6.07, 6.45) is 1.13. The van der Waals surface area contributed by atoms with Crippen molar-refractivity contribution in [2.24, 2.45) is 5.73 Å². The minimum absolute atomic E-state index is 0.152. The van der Waals surface area contributed by atoms with Gasteiger partial charge in [0.2, 0.25) is 0 Å². The van der Waals surface area contributed by atoms with E-state index in [9.17, 15) is 0 Å². The maximum atomic E-state index is 6.25. The molecule has 1 heterocycles. The van der Waals surface area contributed by atoms with E-state index in [2.05, 4.69) is 13.0 Å². The standard InChI is InChI=1S/C12H17NOS/c1-3-11-12(13)8-5-4-6-10(14-2)9(8)7-15-11/h4-6,11-12H,3,7,13H2,1-2H3. The van der Waals surface area contributed by atoms with Crippen LogP contribution in [0.2, 0.25) is 0 Å². The lowest BCUT2D eigenvalue weighted by molar-refractivity contribution is 0.409. The molecule has 0 saturated heterocycles. The molecule has 0 aromatic heterocycles. The fourth-order valence-corrected chi connectivity index (χ4v) is 3.39. The topological polar surface area (TPSA) is 35.2 Å². The lowest BCUT2D eigenvalue weighted by Gasteiger charge is -2.30. The third-order valence-electron chi connectivity index (χ3n) is 2.99. The molecule has 0 aliphatic carbocycles. The van der Waals surface area contributed by atoms with Gasteiger partial charge in [-0.1, -0.05) is 19.1 Å². The molecule has 2 rings (SSSR count). The molecule has 0 spiro atoms. The summed E-state index contributed by atoms with van der Waals surface area (Å²) < 4.78 is 5.36. The molecule has 2 atom stereocenters. The Bertz CT molecular complexity index is 353. The van der Waals surface area contributed by atoms with Gasteiger partial charge in [0.25, 0.3) is 0 Å². The Morgan fingerprint density at radius 1 is 1.53 bits per heavy atom. The van der Waals surface area contributed by atoms with Crippen molar-refractivity contribution in [3.05, 3.63) is 29.3 Å². The molecule has 1 aromatic rings. The number of hydrogen-bond acceptors (Lipinski definition) is 3. The van der Waals surface area contributed by atoms with Gasteiger partial charge in [-0.3, -0.25) is 0 Å². The van der Waals surface area contributed by atoms with E-state index in [0.29, 0.717) is 5.25 Å². The van der Waals surface area contributed by atoms with Gasteiger partial charge in [0, 0.05) is 22.6 Å². The smallest absolute Gasteiger partial charge is 0.123 e. The summed E-state index contributed by atoms with van der Waals surface area (Å²) >= 11 is 1.94. The van der Waals surface area contributed by atoms with Crippen LogP contribution in [0.15, 0.2) is 18.2 Å². The van der Waals surface area contributed by atoms with Crippen molar-refractivity contribution in [1.82, 2.24) is 0 Å². The summed E-state index contributed by atoms with van der Waals surface area (Å²) in [5.41, 5.74) is 8.79. The van der Waals surface area contributed by atoms with E-state index in [1.807, 2.05) is 23.9 Å². The predicted octanol–water partition coefficient (Wildman–Crippen LogP) is 2.72. The zero-order valence-electron chi connectivity index (χ0n) is 9.19. The van der Waals surface area contributed by atoms with E-state index in [1.54, 1.807) is 7.11 Å². The van der Waals surface area contributed by atoms with Gasteiger partial charge in [0.15, 0.2) is 0 Å². The van der Waals surface area contributed by atoms with Crippen molar-refractivity contribution in [3.8, 4) is 5.75 Å². The Labute approximate surface area is 95.2 Å². The first-order valence-electron chi connectivity index (χ1n) is 5.31. The van der Waals surface area contributed by atoms with E-state index in [0.717, 1.165) is 17.9 Å². The van der Waals surface area contributed by atoms with E-state index in [4.69, 9.17) is 10.5 Å². The first kappa shape index (κ1) is 10.8. The third-order valence-corrected chi connectivity index (χ3v) is 4.50. The number of ether oxygens (including phenoxy) is 1. The van der Waals surface area contributed by atoms with E-state index in [-0.39, 0.29) is 6.04 Å². The number of methoxy groups -OCH3 is 1. The van der Waals surface area contributed by atoms with Crippen LogP contribution in [0.4, 0.5) is 0 Å². The van der Waals surface area contributed by atoms with Crippen LogP contribution in [-0.4, -0.2) is 12.4 Å². The van der Waals surface area contributed by atoms with Crippen LogP contribution in [0.5, 0.6) is 5.75 Å². The minimum Gasteiger partial charge on any atom is -0.496 e. The van der Waals surface area contributed by atoms with Crippen molar-refractivity contribution in [3.63, 3.8) is 0 Å². The Hall–Kier alpha value is -0.670. The molecule has 1 aromatic carbocycles. The van der Waals surface area contributed by atoms with Crippen molar-refractivity contribution >= 4 is 11.8 Å². The highest BCUT2D eigenvalue weighted by Crippen LogP contribution is 2.41. The maximum Gasteiger partial charge on any atom is 0.123 e. The Balaban J connectivity index is 2.40. The molecular formula is C12H17NOS. The molecule has 82 valence electrons. The SMILES string of the molecule is CCC1SCc2c(OC)cccc2C1N. The number of thioether (sulfide) groups is 1. The quantitative estimate of drug-likeness (QED) is 0.837. The van der Waals surface area contributed by atoms with Gasteiger partial charge in [0.1, 0.15) is 5.75 Å². The molecule has 2 nitrogen and oxygen atoms in total. The summed E-state index contributed by atoms with van der Waals surface area (Å²) in [5.74, 6) is 2.00. The molecule has 0 amide bonds. The van der Waals surface area contributed by atoms with Gasteiger partial charge in [-0.25, -0.2) is 0 Å². The number of hydrogen-bond donors (Lipinski definition) is 1. The summed E-state index contributed by atoms with van der Waals surface area (Å²) in [4.78, 5) is 0. The zero-order chi connectivity index (χ0) is 10.8. The second-order valence-electron chi connectivity index (χ2n) is 3.81. The van der Waals surface area contributed by atoms with Gasteiger partial charge >= 0.3 is 0 Å².